The number of hydrogen-bond donors (Lipinski definition) is 0. The van der Waals surface area contributed by atoms with Crippen LogP contribution in [-0.2, 0) is 16.2 Å². The van der Waals surface area contributed by atoms with Crippen molar-refractivity contribution >= 4 is 43.9 Å². The standard InChI is InChI=1S/C45H41N3O/c1-26-20-22-30-29-15-13-16-31(40(29)49-42(30)46-26)41-47-37-23-21-27-24-36-33(28-14-9-10-17-34(28)44(5,6)45(36,7)8)25-32(27)39(37)48(41)38-19-12-11-18-35(38)43(2,3)4/h9-25H,1-8H3/i1D3. The summed E-state index contributed by atoms with van der Waals surface area (Å²) in [5, 5.41) is 3.92. The van der Waals surface area contributed by atoms with Crippen LogP contribution in [0.15, 0.2) is 108 Å². The van der Waals surface area contributed by atoms with Gasteiger partial charge in [-0.25, -0.2) is 9.97 Å². The number of nitrogens with zero attached hydrogens (tertiary/aromatic N) is 3. The monoisotopic (exact) mass is 642 g/mol. The van der Waals surface area contributed by atoms with E-state index in [9.17, 15) is 0 Å². The van der Waals surface area contributed by atoms with E-state index in [1.54, 1.807) is 12.1 Å². The van der Waals surface area contributed by atoms with E-state index in [1.807, 2.05) is 18.2 Å². The molecule has 4 heteroatoms. The van der Waals surface area contributed by atoms with E-state index >= 15 is 0 Å². The number of hydrogen-bond acceptors (Lipinski definition) is 3. The number of benzene rings is 5. The molecule has 49 heavy (non-hydrogen) atoms. The Morgan fingerprint density at radius 1 is 0.673 bits per heavy atom. The number of pyridine rings is 1. The predicted molar refractivity (Wildman–Crippen MR) is 204 cm³/mol. The number of furan rings is 1. The Kier molecular flexibility index (Phi) is 5.40. The van der Waals surface area contributed by atoms with E-state index < -0.39 is 6.85 Å². The van der Waals surface area contributed by atoms with Crippen molar-refractivity contribution in [3.63, 3.8) is 0 Å². The van der Waals surface area contributed by atoms with Crippen LogP contribution in [0, 0.1) is 6.85 Å². The SMILES string of the molecule is [2H]C([2H])([2H])c1ccc2c(n1)oc1c(-c3nc4ccc5cc6c(cc5c4n3-c3ccccc3C(C)(C)C)-c3ccccc3C(C)(C)C6(C)C)cccc12. The third kappa shape index (κ3) is 4.10. The second kappa shape index (κ2) is 9.92. The zero-order valence-electron chi connectivity index (χ0n) is 32.1. The number of aryl methyl sites for hydroxylation is 1. The molecule has 0 atom stereocenters. The summed E-state index contributed by atoms with van der Waals surface area (Å²) in [4.78, 5) is 9.86. The predicted octanol–water partition coefficient (Wildman–Crippen LogP) is 12.0. The molecule has 1 aliphatic carbocycles. The van der Waals surface area contributed by atoms with Crippen LogP contribution in [0.4, 0.5) is 0 Å². The van der Waals surface area contributed by atoms with Crippen LogP contribution in [0.5, 0.6) is 0 Å². The van der Waals surface area contributed by atoms with Crippen LogP contribution in [0.1, 0.15) is 75.0 Å². The van der Waals surface area contributed by atoms with Gasteiger partial charge in [-0.05, 0) is 98.8 Å². The normalized spacial score (nSPS) is 16.4. The van der Waals surface area contributed by atoms with E-state index in [-0.39, 0.29) is 21.9 Å². The minimum Gasteiger partial charge on any atom is -0.437 e. The highest BCUT2D eigenvalue weighted by Gasteiger charge is 2.46. The van der Waals surface area contributed by atoms with Crippen LogP contribution >= 0.6 is 0 Å². The van der Waals surface area contributed by atoms with Gasteiger partial charge in [-0.1, -0.05) is 109 Å². The molecular weight excluding hydrogens is 599 g/mol. The molecule has 3 heterocycles. The fourth-order valence-electron chi connectivity index (χ4n) is 8.19. The van der Waals surface area contributed by atoms with Gasteiger partial charge in [0.05, 0.1) is 22.3 Å². The van der Waals surface area contributed by atoms with Gasteiger partial charge in [0.25, 0.3) is 0 Å². The van der Waals surface area contributed by atoms with E-state index in [0.717, 1.165) is 44.3 Å². The first kappa shape index (κ1) is 26.7. The lowest BCUT2D eigenvalue weighted by atomic mass is 9.55. The molecule has 0 amide bonds. The molecule has 0 bridgehead atoms. The van der Waals surface area contributed by atoms with E-state index in [2.05, 4.69) is 131 Å². The molecule has 0 N–H and O–H groups in total. The molecule has 0 fully saturated rings. The van der Waals surface area contributed by atoms with Gasteiger partial charge in [0.1, 0.15) is 11.4 Å². The van der Waals surface area contributed by atoms with Gasteiger partial charge < -0.3 is 4.42 Å². The van der Waals surface area contributed by atoms with Gasteiger partial charge in [-0.15, -0.1) is 0 Å². The quantitative estimate of drug-likeness (QED) is 0.188. The minimum absolute atomic E-state index is 0.00916. The van der Waals surface area contributed by atoms with Crippen molar-refractivity contribution in [2.24, 2.45) is 0 Å². The molecule has 4 nitrogen and oxygen atoms in total. The highest BCUT2D eigenvalue weighted by molar-refractivity contribution is 6.11. The van der Waals surface area contributed by atoms with Gasteiger partial charge >= 0.3 is 0 Å². The molecule has 3 aromatic heterocycles. The van der Waals surface area contributed by atoms with Gasteiger partial charge in [0, 0.05) is 26.0 Å². The lowest BCUT2D eigenvalue weighted by Gasteiger charge is -2.48. The molecule has 0 saturated heterocycles. The third-order valence-corrected chi connectivity index (χ3v) is 11.5. The van der Waals surface area contributed by atoms with E-state index in [1.165, 1.54) is 33.2 Å². The summed E-state index contributed by atoms with van der Waals surface area (Å²) in [6.07, 6.45) is 0. The zero-order chi connectivity index (χ0) is 36.5. The van der Waals surface area contributed by atoms with Gasteiger partial charge in [0.2, 0.25) is 5.71 Å². The van der Waals surface area contributed by atoms with Crippen molar-refractivity contribution in [1.82, 2.24) is 14.5 Å². The number of rotatable bonds is 2. The number of imidazole rings is 1. The van der Waals surface area contributed by atoms with Crippen LogP contribution in [-0.4, -0.2) is 14.5 Å². The number of para-hydroxylation sites is 2. The zero-order valence-corrected chi connectivity index (χ0v) is 29.1. The van der Waals surface area contributed by atoms with Crippen LogP contribution < -0.4 is 0 Å². The second-order valence-corrected chi connectivity index (χ2v) is 15.7. The molecule has 9 rings (SSSR count). The molecular formula is C45H41N3O. The topological polar surface area (TPSA) is 43.9 Å². The van der Waals surface area contributed by atoms with Crippen molar-refractivity contribution in [3.8, 4) is 28.2 Å². The first-order valence-corrected chi connectivity index (χ1v) is 17.1. The highest BCUT2D eigenvalue weighted by Crippen LogP contribution is 2.55. The first-order valence-electron chi connectivity index (χ1n) is 18.6. The fourth-order valence-corrected chi connectivity index (χ4v) is 8.19. The average Bonchev–Trinajstić information content (AvgIpc) is 3.68. The Morgan fingerprint density at radius 2 is 1.43 bits per heavy atom. The molecule has 0 saturated carbocycles. The maximum Gasteiger partial charge on any atom is 0.227 e. The van der Waals surface area contributed by atoms with E-state index in [4.69, 9.17) is 13.5 Å². The maximum atomic E-state index is 7.94. The van der Waals surface area contributed by atoms with Crippen molar-refractivity contribution in [2.45, 2.75) is 71.6 Å². The number of fused-ring (bicyclic) bond motifs is 9. The summed E-state index contributed by atoms with van der Waals surface area (Å²) >= 11 is 0. The lowest BCUT2D eigenvalue weighted by Crippen LogP contribution is -2.43. The first-order chi connectivity index (χ1) is 24.6. The smallest absolute Gasteiger partial charge is 0.227 e. The molecule has 1 aliphatic rings. The van der Waals surface area contributed by atoms with Gasteiger partial charge in [0.15, 0.2) is 0 Å². The molecule has 242 valence electrons. The lowest BCUT2D eigenvalue weighted by molar-refractivity contribution is 0.299. The summed E-state index contributed by atoms with van der Waals surface area (Å²) in [5.74, 6) is 0.750. The molecule has 0 unspecified atom stereocenters. The van der Waals surface area contributed by atoms with Gasteiger partial charge in [-0.2, -0.15) is 0 Å². The van der Waals surface area contributed by atoms with Crippen molar-refractivity contribution < 1.29 is 8.53 Å². The Balaban J connectivity index is 1.41. The summed E-state index contributed by atoms with van der Waals surface area (Å²) in [5.41, 5.74) is 10.8. The largest absolute Gasteiger partial charge is 0.437 e. The molecule has 5 aromatic carbocycles. The maximum absolute atomic E-state index is 7.94. The second-order valence-electron chi connectivity index (χ2n) is 15.7. The minimum atomic E-state index is -2.34. The van der Waals surface area contributed by atoms with Gasteiger partial charge in [-0.3, -0.25) is 4.57 Å². The van der Waals surface area contributed by atoms with Crippen molar-refractivity contribution in [2.75, 3.05) is 0 Å². The van der Waals surface area contributed by atoms with Crippen LogP contribution in [0.2, 0.25) is 0 Å². The summed E-state index contributed by atoms with van der Waals surface area (Å²) in [7, 11) is 0. The average molecular weight is 643 g/mol. The molecule has 0 spiro atoms. The Labute approximate surface area is 291 Å². The Bertz CT molecular complexity index is 2770. The number of aromatic nitrogens is 3. The van der Waals surface area contributed by atoms with Crippen LogP contribution in [0.25, 0.3) is 72.1 Å². The van der Waals surface area contributed by atoms with Crippen molar-refractivity contribution in [3.05, 3.63) is 126 Å². The van der Waals surface area contributed by atoms with Crippen LogP contribution in [0.3, 0.4) is 0 Å². The summed E-state index contributed by atoms with van der Waals surface area (Å²) < 4.78 is 32.6. The molecule has 0 aliphatic heterocycles. The Hall–Kier alpha value is -5.22. The van der Waals surface area contributed by atoms with E-state index in [0.29, 0.717) is 11.3 Å². The highest BCUT2D eigenvalue weighted by atomic mass is 16.3. The summed E-state index contributed by atoms with van der Waals surface area (Å²) in [6.45, 7) is 13.9. The summed E-state index contributed by atoms with van der Waals surface area (Å²) in [6, 6.07) is 36.0. The Morgan fingerprint density at radius 3 is 2.24 bits per heavy atom. The van der Waals surface area contributed by atoms with Crippen molar-refractivity contribution in [1.29, 1.82) is 0 Å². The molecule has 0 radical (unpaired) electrons. The fraction of sp³-hybridized carbons (Fsp3) is 0.244. The third-order valence-electron chi connectivity index (χ3n) is 11.5. The molecule has 8 aromatic rings.